The van der Waals surface area contributed by atoms with Crippen molar-refractivity contribution in [2.75, 3.05) is 20.0 Å². The number of hydrogen-bond donors (Lipinski definition) is 3. The van der Waals surface area contributed by atoms with Crippen molar-refractivity contribution in [3.05, 3.63) is 22.1 Å². The minimum atomic E-state index is -1.04. The van der Waals surface area contributed by atoms with E-state index in [9.17, 15) is 15.2 Å². The number of methoxy groups -OCH3 is 2. The van der Waals surface area contributed by atoms with Gasteiger partial charge >= 0.3 is 0 Å². The summed E-state index contributed by atoms with van der Waals surface area (Å²) < 4.78 is 17.4. The number of aromatic nitrogens is 3. The van der Waals surface area contributed by atoms with Crippen LogP contribution in [0.1, 0.15) is 11.8 Å². The zero-order valence-electron chi connectivity index (χ0n) is 12.4. The molecule has 0 saturated carbocycles. The highest BCUT2D eigenvalue weighted by Gasteiger charge is 2.46. The lowest BCUT2D eigenvalue weighted by Crippen LogP contribution is -2.34. The summed E-state index contributed by atoms with van der Waals surface area (Å²) in [5, 5.41) is 19.5. The fourth-order valence-corrected chi connectivity index (χ4v) is 2.75. The molecule has 0 amide bonds. The van der Waals surface area contributed by atoms with Crippen LogP contribution in [0.5, 0.6) is 0 Å². The van der Waals surface area contributed by atoms with Gasteiger partial charge < -0.3 is 29.6 Å². The van der Waals surface area contributed by atoms with Crippen LogP contribution in [-0.2, 0) is 14.2 Å². The third-order valence-corrected chi connectivity index (χ3v) is 3.77. The van der Waals surface area contributed by atoms with Crippen LogP contribution in [0.3, 0.4) is 0 Å². The van der Waals surface area contributed by atoms with Gasteiger partial charge in [-0.05, 0) is 0 Å². The van der Waals surface area contributed by atoms with E-state index >= 15 is 0 Å². The summed E-state index contributed by atoms with van der Waals surface area (Å²) in [6.45, 7) is 0. The Kier molecular flexibility index (Phi) is 3.78. The van der Waals surface area contributed by atoms with Crippen molar-refractivity contribution >= 4 is 17.0 Å². The molecule has 3 heterocycles. The van der Waals surface area contributed by atoms with E-state index in [2.05, 4.69) is 9.97 Å². The first kappa shape index (κ1) is 15.4. The SMILES string of the molecule is COC1C(O)[C@@H](OC)O[C@H]1n1cc(C#N)c2c(=O)[nH]c(N)nc21. The van der Waals surface area contributed by atoms with Crippen LogP contribution in [0, 0.1) is 11.3 Å². The molecule has 10 heteroatoms. The van der Waals surface area contributed by atoms with Gasteiger partial charge in [0.05, 0.1) is 5.56 Å². The predicted octanol–water partition coefficient (Wildman–Crippen LogP) is -0.944. The number of rotatable bonds is 3. The van der Waals surface area contributed by atoms with E-state index < -0.39 is 30.3 Å². The Morgan fingerprint density at radius 3 is 2.87 bits per heavy atom. The van der Waals surface area contributed by atoms with Crippen molar-refractivity contribution in [2.24, 2.45) is 0 Å². The number of anilines is 1. The standard InChI is InChI=1S/C13H15N5O5/c1-21-8-7(19)12(22-2)23-11(8)18-4-5(3-14)6-9(18)16-13(15)17-10(6)20/h4,7-8,11-12,19H,1-2H3,(H3,15,16,17,20)/t7?,8?,11-,12+/m1/s1. The molecule has 2 aromatic heterocycles. The van der Waals surface area contributed by atoms with Gasteiger partial charge in [-0.25, -0.2) is 0 Å². The number of aliphatic hydroxyl groups is 1. The number of nitriles is 1. The third-order valence-electron chi connectivity index (χ3n) is 3.77. The number of hydrogen-bond acceptors (Lipinski definition) is 8. The van der Waals surface area contributed by atoms with Gasteiger partial charge in [0.15, 0.2) is 18.2 Å². The molecule has 0 bridgehead atoms. The second kappa shape index (κ2) is 5.64. The molecule has 2 unspecified atom stereocenters. The Labute approximate surface area is 130 Å². The molecule has 2 aromatic rings. The van der Waals surface area contributed by atoms with Crippen LogP contribution in [0.25, 0.3) is 11.0 Å². The quantitative estimate of drug-likeness (QED) is 0.655. The molecular weight excluding hydrogens is 306 g/mol. The second-order valence-corrected chi connectivity index (χ2v) is 5.03. The average Bonchev–Trinajstić information content (AvgIpc) is 3.04. The molecule has 0 radical (unpaired) electrons. The van der Waals surface area contributed by atoms with Crippen molar-refractivity contribution in [3.63, 3.8) is 0 Å². The van der Waals surface area contributed by atoms with Crippen LogP contribution in [0.2, 0.25) is 0 Å². The average molecular weight is 321 g/mol. The second-order valence-electron chi connectivity index (χ2n) is 5.03. The Morgan fingerprint density at radius 1 is 1.52 bits per heavy atom. The highest BCUT2D eigenvalue weighted by molar-refractivity contribution is 5.83. The van der Waals surface area contributed by atoms with Gasteiger partial charge in [-0.2, -0.15) is 10.2 Å². The van der Waals surface area contributed by atoms with Crippen LogP contribution in [0.4, 0.5) is 5.95 Å². The zero-order chi connectivity index (χ0) is 16.7. The largest absolute Gasteiger partial charge is 0.385 e. The normalized spacial score (nSPS) is 27.4. The van der Waals surface area contributed by atoms with E-state index in [-0.39, 0.29) is 22.5 Å². The van der Waals surface area contributed by atoms with E-state index in [1.165, 1.54) is 25.0 Å². The Bertz CT molecular complexity index is 838. The maximum atomic E-state index is 12.1. The fourth-order valence-electron chi connectivity index (χ4n) is 2.75. The summed E-state index contributed by atoms with van der Waals surface area (Å²) in [7, 11) is 2.80. The number of ether oxygens (including phenoxy) is 3. The van der Waals surface area contributed by atoms with E-state index in [4.69, 9.17) is 19.9 Å². The number of H-pyrrole nitrogens is 1. The molecule has 1 aliphatic rings. The monoisotopic (exact) mass is 321 g/mol. The van der Waals surface area contributed by atoms with Crippen LogP contribution in [0.15, 0.2) is 11.0 Å². The van der Waals surface area contributed by atoms with Crippen molar-refractivity contribution in [1.29, 1.82) is 5.26 Å². The number of fused-ring (bicyclic) bond motifs is 1. The molecule has 4 N–H and O–H groups in total. The summed E-state index contributed by atoms with van der Waals surface area (Å²) >= 11 is 0. The molecule has 3 rings (SSSR count). The molecule has 0 aliphatic carbocycles. The van der Waals surface area contributed by atoms with Crippen LogP contribution in [-0.4, -0.2) is 52.4 Å². The predicted molar refractivity (Wildman–Crippen MR) is 77.2 cm³/mol. The van der Waals surface area contributed by atoms with Gasteiger partial charge in [-0.3, -0.25) is 9.78 Å². The first-order chi connectivity index (χ1) is 11.0. The van der Waals surface area contributed by atoms with Gasteiger partial charge in [0.1, 0.15) is 23.7 Å². The van der Waals surface area contributed by atoms with E-state index in [1.54, 1.807) is 0 Å². The number of nitrogen functional groups attached to an aromatic ring is 1. The third kappa shape index (κ3) is 2.27. The van der Waals surface area contributed by atoms with Crippen molar-refractivity contribution in [2.45, 2.75) is 24.7 Å². The first-order valence-corrected chi connectivity index (χ1v) is 6.71. The lowest BCUT2D eigenvalue weighted by atomic mass is 10.2. The van der Waals surface area contributed by atoms with Crippen LogP contribution >= 0.6 is 0 Å². The highest BCUT2D eigenvalue weighted by Crippen LogP contribution is 2.34. The molecule has 122 valence electrons. The molecule has 0 aromatic carbocycles. The van der Waals surface area contributed by atoms with Gasteiger partial charge in [0, 0.05) is 20.4 Å². The van der Waals surface area contributed by atoms with E-state index in [0.29, 0.717) is 0 Å². The molecule has 4 atom stereocenters. The van der Waals surface area contributed by atoms with Gasteiger partial charge in [-0.15, -0.1) is 0 Å². The van der Waals surface area contributed by atoms with Gasteiger partial charge in [0.2, 0.25) is 5.95 Å². The molecule has 1 saturated heterocycles. The molecule has 23 heavy (non-hydrogen) atoms. The topological polar surface area (TPSA) is 148 Å². The lowest BCUT2D eigenvalue weighted by Gasteiger charge is -2.20. The maximum absolute atomic E-state index is 12.1. The van der Waals surface area contributed by atoms with Crippen molar-refractivity contribution in [1.82, 2.24) is 14.5 Å². The number of aliphatic hydroxyl groups excluding tert-OH is 1. The minimum Gasteiger partial charge on any atom is -0.385 e. The maximum Gasteiger partial charge on any atom is 0.263 e. The smallest absolute Gasteiger partial charge is 0.263 e. The Hall–Kier alpha value is -2.45. The highest BCUT2D eigenvalue weighted by atomic mass is 16.7. The van der Waals surface area contributed by atoms with Crippen molar-refractivity contribution in [3.8, 4) is 6.07 Å². The molecule has 1 fully saturated rings. The number of nitrogens with two attached hydrogens (primary N) is 1. The fraction of sp³-hybridized carbons (Fsp3) is 0.462. The van der Waals surface area contributed by atoms with E-state index in [1.807, 2.05) is 6.07 Å². The molecule has 10 nitrogen and oxygen atoms in total. The van der Waals surface area contributed by atoms with E-state index in [0.717, 1.165) is 0 Å². The van der Waals surface area contributed by atoms with Crippen molar-refractivity contribution < 1.29 is 19.3 Å². The van der Waals surface area contributed by atoms with Crippen LogP contribution < -0.4 is 11.3 Å². The summed E-state index contributed by atoms with van der Waals surface area (Å²) in [5.74, 6) is -0.0952. The Morgan fingerprint density at radius 2 is 2.26 bits per heavy atom. The zero-order valence-corrected chi connectivity index (χ0v) is 12.4. The molecule has 0 spiro atoms. The number of nitrogens with zero attached hydrogens (tertiary/aromatic N) is 3. The first-order valence-electron chi connectivity index (χ1n) is 6.71. The number of nitrogens with one attached hydrogen (secondary N) is 1. The molecule has 1 aliphatic heterocycles. The summed E-state index contributed by atoms with van der Waals surface area (Å²) in [4.78, 5) is 18.5. The van der Waals surface area contributed by atoms with Gasteiger partial charge in [-0.1, -0.05) is 0 Å². The minimum absolute atomic E-state index is 0.0931. The van der Waals surface area contributed by atoms with Gasteiger partial charge in [0.25, 0.3) is 5.56 Å². The number of aromatic amines is 1. The summed E-state index contributed by atoms with van der Waals surface area (Å²) in [6.07, 6.45) is -2.15. The molecular formula is C13H15N5O5. The summed E-state index contributed by atoms with van der Waals surface area (Å²) in [6, 6.07) is 1.93. The lowest BCUT2D eigenvalue weighted by molar-refractivity contribution is -0.160. The summed E-state index contributed by atoms with van der Waals surface area (Å²) in [5.41, 5.74) is 5.33. The Balaban J connectivity index is 2.21.